The molecule has 1 N–H and O–H groups in total. The predicted molar refractivity (Wildman–Crippen MR) is 93.9 cm³/mol. The summed E-state index contributed by atoms with van der Waals surface area (Å²) in [6.45, 7) is 8.07. The summed E-state index contributed by atoms with van der Waals surface area (Å²) in [6, 6.07) is 6.00. The quantitative estimate of drug-likeness (QED) is 0.823. The average Bonchev–Trinajstić information content (AvgIpc) is 2.56. The van der Waals surface area contributed by atoms with Crippen molar-refractivity contribution in [3.05, 3.63) is 40.7 Å². The van der Waals surface area contributed by atoms with Gasteiger partial charge in [-0.15, -0.1) is 5.10 Å². The van der Waals surface area contributed by atoms with E-state index in [1.165, 1.54) is 11.8 Å². The highest BCUT2D eigenvalue weighted by Gasteiger charge is 2.10. The number of rotatable bonds is 6. The number of carbonyl (C=O) groups is 1. The summed E-state index contributed by atoms with van der Waals surface area (Å²) in [4.78, 5) is 16.6. The Kier molecular flexibility index (Phi) is 6.10. The fraction of sp³-hybridized carbons (Fsp3) is 0.412. The second-order valence-corrected chi connectivity index (χ2v) is 6.29. The summed E-state index contributed by atoms with van der Waals surface area (Å²) in [6.07, 6.45) is 1.64. The molecule has 0 fully saturated rings. The topological polar surface area (TPSA) is 67.8 Å². The zero-order valence-corrected chi connectivity index (χ0v) is 14.8. The Hall–Kier alpha value is -1.95. The van der Waals surface area contributed by atoms with Crippen molar-refractivity contribution in [2.24, 2.45) is 0 Å². The molecular formula is C17H22N4OS. The molecule has 0 saturated heterocycles. The van der Waals surface area contributed by atoms with Crippen LogP contribution in [0.2, 0.25) is 0 Å². The standard InChI is InChI=1S/C17H22N4OS/c1-5-13-14(6-2)20-21-17(19-13)23-10-16(22)18-15-9-11(3)7-8-12(15)4/h7-9H,5-6,10H2,1-4H3,(H,18,22). The van der Waals surface area contributed by atoms with Gasteiger partial charge in [0.25, 0.3) is 0 Å². The van der Waals surface area contributed by atoms with E-state index in [1.54, 1.807) is 0 Å². The van der Waals surface area contributed by atoms with Gasteiger partial charge in [-0.05, 0) is 43.9 Å². The molecule has 0 unspecified atom stereocenters. The Morgan fingerprint density at radius 1 is 1.13 bits per heavy atom. The fourth-order valence-corrected chi connectivity index (χ4v) is 2.77. The molecule has 1 aromatic heterocycles. The lowest BCUT2D eigenvalue weighted by Gasteiger charge is -2.09. The predicted octanol–water partition coefficient (Wildman–Crippen LogP) is 3.34. The van der Waals surface area contributed by atoms with Crippen molar-refractivity contribution < 1.29 is 4.79 Å². The number of benzene rings is 1. The van der Waals surface area contributed by atoms with Crippen LogP contribution in [0.5, 0.6) is 0 Å². The van der Waals surface area contributed by atoms with E-state index < -0.39 is 0 Å². The molecule has 0 radical (unpaired) electrons. The SMILES string of the molecule is CCc1nnc(SCC(=O)Nc2cc(C)ccc2C)nc1CC. The van der Waals surface area contributed by atoms with Gasteiger partial charge in [-0.1, -0.05) is 37.7 Å². The van der Waals surface area contributed by atoms with E-state index in [9.17, 15) is 4.79 Å². The first-order valence-corrected chi connectivity index (χ1v) is 8.74. The number of carbonyl (C=O) groups excluding carboxylic acids is 1. The summed E-state index contributed by atoms with van der Waals surface area (Å²) in [5.74, 6) is 0.203. The Balaban J connectivity index is 1.98. The first-order chi connectivity index (χ1) is 11.0. The van der Waals surface area contributed by atoms with Crippen molar-refractivity contribution in [2.45, 2.75) is 45.7 Å². The van der Waals surface area contributed by atoms with Crippen molar-refractivity contribution in [1.29, 1.82) is 0 Å². The molecule has 23 heavy (non-hydrogen) atoms. The van der Waals surface area contributed by atoms with Crippen molar-refractivity contribution in [1.82, 2.24) is 15.2 Å². The van der Waals surface area contributed by atoms with Crippen LogP contribution in [0.15, 0.2) is 23.4 Å². The Morgan fingerprint density at radius 2 is 1.87 bits per heavy atom. The second-order valence-electron chi connectivity index (χ2n) is 5.35. The third kappa shape index (κ3) is 4.76. The van der Waals surface area contributed by atoms with Crippen molar-refractivity contribution in [2.75, 3.05) is 11.1 Å². The highest BCUT2D eigenvalue weighted by molar-refractivity contribution is 7.99. The lowest BCUT2D eigenvalue weighted by molar-refractivity contribution is -0.113. The average molecular weight is 330 g/mol. The molecule has 5 nitrogen and oxygen atoms in total. The van der Waals surface area contributed by atoms with Crippen LogP contribution >= 0.6 is 11.8 Å². The molecule has 0 spiro atoms. The molecule has 0 aliphatic heterocycles. The molecule has 0 aliphatic carbocycles. The van der Waals surface area contributed by atoms with Crippen LogP contribution < -0.4 is 5.32 Å². The minimum Gasteiger partial charge on any atom is -0.325 e. The normalized spacial score (nSPS) is 10.6. The third-order valence-electron chi connectivity index (χ3n) is 3.49. The molecular weight excluding hydrogens is 308 g/mol. The maximum atomic E-state index is 12.1. The first kappa shape index (κ1) is 17.4. The largest absolute Gasteiger partial charge is 0.325 e. The van der Waals surface area contributed by atoms with Gasteiger partial charge < -0.3 is 5.32 Å². The van der Waals surface area contributed by atoms with E-state index >= 15 is 0 Å². The van der Waals surface area contributed by atoms with Crippen LogP contribution in [0, 0.1) is 13.8 Å². The number of nitrogens with zero attached hydrogens (tertiary/aromatic N) is 3. The lowest BCUT2D eigenvalue weighted by atomic mass is 10.1. The van der Waals surface area contributed by atoms with Gasteiger partial charge in [0.05, 0.1) is 17.1 Å². The molecule has 0 bridgehead atoms. The highest BCUT2D eigenvalue weighted by atomic mass is 32.2. The van der Waals surface area contributed by atoms with Crippen LogP contribution in [-0.2, 0) is 17.6 Å². The number of hydrogen-bond donors (Lipinski definition) is 1. The number of thioether (sulfide) groups is 1. The van der Waals surface area contributed by atoms with Crippen molar-refractivity contribution >= 4 is 23.4 Å². The van der Waals surface area contributed by atoms with E-state index in [2.05, 4.69) is 20.5 Å². The maximum Gasteiger partial charge on any atom is 0.234 e. The maximum absolute atomic E-state index is 12.1. The van der Waals surface area contributed by atoms with Crippen molar-refractivity contribution in [3.8, 4) is 0 Å². The van der Waals surface area contributed by atoms with Gasteiger partial charge in [-0.25, -0.2) is 4.98 Å². The van der Waals surface area contributed by atoms with Gasteiger partial charge in [0.1, 0.15) is 0 Å². The van der Waals surface area contributed by atoms with Crippen LogP contribution in [0.1, 0.15) is 36.4 Å². The summed E-state index contributed by atoms with van der Waals surface area (Å²) in [7, 11) is 0. The Morgan fingerprint density at radius 3 is 2.57 bits per heavy atom. The molecule has 1 amide bonds. The van der Waals surface area contributed by atoms with Crippen LogP contribution in [0.3, 0.4) is 0 Å². The van der Waals surface area contributed by atoms with E-state index in [-0.39, 0.29) is 11.7 Å². The number of amides is 1. The van der Waals surface area contributed by atoms with Gasteiger partial charge in [0.2, 0.25) is 11.1 Å². The molecule has 2 aromatic rings. The molecule has 122 valence electrons. The summed E-state index contributed by atoms with van der Waals surface area (Å²) < 4.78 is 0. The molecule has 0 atom stereocenters. The number of anilines is 1. The third-order valence-corrected chi connectivity index (χ3v) is 4.33. The van der Waals surface area contributed by atoms with Gasteiger partial charge in [0.15, 0.2) is 0 Å². The molecule has 0 aliphatic rings. The van der Waals surface area contributed by atoms with Gasteiger partial charge >= 0.3 is 0 Å². The summed E-state index contributed by atoms with van der Waals surface area (Å²) in [5.41, 5.74) is 4.91. The summed E-state index contributed by atoms with van der Waals surface area (Å²) in [5, 5.41) is 11.8. The van der Waals surface area contributed by atoms with Crippen LogP contribution in [0.4, 0.5) is 5.69 Å². The number of aromatic nitrogens is 3. The zero-order valence-electron chi connectivity index (χ0n) is 14.0. The number of nitrogens with one attached hydrogen (secondary N) is 1. The molecule has 0 saturated carbocycles. The zero-order chi connectivity index (χ0) is 16.8. The Labute approximate surface area is 141 Å². The highest BCUT2D eigenvalue weighted by Crippen LogP contribution is 2.18. The summed E-state index contributed by atoms with van der Waals surface area (Å²) >= 11 is 1.31. The van der Waals surface area contributed by atoms with Gasteiger partial charge in [-0.2, -0.15) is 5.10 Å². The van der Waals surface area contributed by atoms with Crippen molar-refractivity contribution in [3.63, 3.8) is 0 Å². The minimum absolute atomic E-state index is 0.0649. The van der Waals surface area contributed by atoms with E-state index in [1.807, 2.05) is 45.9 Å². The smallest absolute Gasteiger partial charge is 0.234 e. The van der Waals surface area contributed by atoms with Gasteiger partial charge in [0, 0.05) is 5.69 Å². The first-order valence-electron chi connectivity index (χ1n) is 7.75. The van der Waals surface area contributed by atoms with Gasteiger partial charge in [-0.3, -0.25) is 4.79 Å². The van der Waals surface area contributed by atoms with E-state index in [0.29, 0.717) is 5.16 Å². The molecule has 6 heteroatoms. The van der Waals surface area contributed by atoms with E-state index in [4.69, 9.17) is 0 Å². The molecule has 2 rings (SSSR count). The van der Waals surface area contributed by atoms with Crippen LogP contribution in [-0.4, -0.2) is 26.8 Å². The molecule has 1 heterocycles. The lowest BCUT2D eigenvalue weighted by Crippen LogP contribution is -2.15. The fourth-order valence-electron chi connectivity index (χ4n) is 2.17. The van der Waals surface area contributed by atoms with E-state index in [0.717, 1.165) is 41.0 Å². The minimum atomic E-state index is -0.0649. The number of aryl methyl sites for hydroxylation is 4. The number of hydrogen-bond acceptors (Lipinski definition) is 5. The second kappa shape index (κ2) is 8.06. The monoisotopic (exact) mass is 330 g/mol. The van der Waals surface area contributed by atoms with Crippen LogP contribution in [0.25, 0.3) is 0 Å². The molecule has 1 aromatic carbocycles. The Bertz CT molecular complexity index is 703.